The van der Waals surface area contributed by atoms with E-state index in [2.05, 4.69) is 15.2 Å². The Morgan fingerprint density at radius 3 is 1.84 bits per heavy atom. The third kappa shape index (κ3) is 2.42. The molecule has 2 heterocycles. The number of aromatic nitrogens is 4. The molecule has 0 saturated carbocycles. The average molecular weight is 336 g/mol. The van der Waals surface area contributed by atoms with Gasteiger partial charge in [0.1, 0.15) is 17.2 Å². The van der Waals surface area contributed by atoms with Gasteiger partial charge >= 0.3 is 0 Å². The number of rotatable bonds is 4. The average Bonchev–Trinajstić information content (AvgIpc) is 3.33. The lowest BCUT2D eigenvalue weighted by Crippen LogP contribution is -2.37. The number of imidazole rings is 1. The normalized spacial score (nSPS) is 11.6. The minimum Gasteiger partial charge on any atom is -0.317 e. The van der Waals surface area contributed by atoms with E-state index in [1.807, 2.05) is 16.8 Å². The minimum absolute atomic E-state index is 0.327. The largest absolute Gasteiger partial charge is 0.317 e. The van der Waals surface area contributed by atoms with Crippen molar-refractivity contribution in [3.8, 4) is 0 Å². The molecule has 0 atom stereocenters. The molecule has 4 aromatic rings. The Morgan fingerprint density at radius 2 is 1.40 bits per heavy atom. The third-order valence-corrected chi connectivity index (χ3v) is 4.31. The molecule has 0 unspecified atom stereocenters. The number of hydrogen-bond acceptors (Lipinski definition) is 2. The molecule has 0 saturated heterocycles. The van der Waals surface area contributed by atoms with E-state index in [0.717, 1.165) is 16.8 Å². The van der Waals surface area contributed by atoms with Crippen molar-refractivity contribution in [2.45, 2.75) is 5.54 Å². The van der Waals surface area contributed by atoms with Crippen LogP contribution in [0.3, 0.4) is 0 Å². The second-order valence-corrected chi connectivity index (χ2v) is 5.66. The van der Waals surface area contributed by atoms with Crippen molar-refractivity contribution in [1.29, 1.82) is 0 Å². The summed E-state index contributed by atoms with van der Waals surface area (Å²) in [4.78, 5) is 4.16. The van der Waals surface area contributed by atoms with E-state index in [1.54, 1.807) is 43.0 Å². The van der Waals surface area contributed by atoms with Gasteiger partial charge in [-0.05, 0) is 41.5 Å². The van der Waals surface area contributed by atoms with Crippen LogP contribution in [0.4, 0.5) is 8.78 Å². The number of halogens is 2. The topological polar surface area (TPSA) is 46.5 Å². The van der Waals surface area contributed by atoms with Crippen molar-refractivity contribution in [1.82, 2.24) is 19.7 Å². The predicted molar refractivity (Wildman–Crippen MR) is 88.9 cm³/mol. The first-order chi connectivity index (χ1) is 12.2. The molecule has 124 valence electrons. The first-order valence-corrected chi connectivity index (χ1v) is 7.71. The molecule has 0 amide bonds. The summed E-state index contributed by atoms with van der Waals surface area (Å²) in [5, 5.41) is 7.08. The van der Waals surface area contributed by atoms with Gasteiger partial charge in [0.15, 0.2) is 0 Å². The highest BCUT2D eigenvalue weighted by molar-refractivity contribution is 5.48. The highest BCUT2D eigenvalue weighted by Crippen LogP contribution is 2.39. The number of benzene rings is 2. The highest BCUT2D eigenvalue weighted by atomic mass is 19.1. The molecule has 0 spiro atoms. The summed E-state index contributed by atoms with van der Waals surface area (Å²) in [5.41, 5.74) is 1.46. The fourth-order valence-electron chi connectivity index (χ4n) is 3.21. The van der Waals surface area contributed by atoms with E-state index in [9.17, 15) is 8.78 Å². The van der Waals surface area contributed by atoms with Gasteiger partial charge in [-0.15, -0.1) is 0 Å². The Hall–Kier alpha value is -3.28. The van der Waals surface area contributed by atoms with E-state index in [1.165, 1.54) is 24.3 Å². The lowest BCUT2D eigenvalue weighted by Gasteiger charge is -2.35. The van der Waals surface area contributed by atoms with Gasteiger partial charge in [-0.2, -0.15) is 5.10 Å². The third-order valence-electron chi connectivity index (χ3n) is 4.31. The standard InChI is InChI=1S/C19H14F2N4/c20-16-5-1-14(2-6-16)19(18-9-10-23-24-18,25-12-11-22-13-25)15-3-7-17(21)8-4-15/h1-13H,(H,23,24). The second-order valence-electron chi connectivity index (χ2n) is 5.66. The van der Waals surface area contributed by atoms with Crippen molar-refractivity contribution >= 4 is 0 Å². The fraction of sp³-hybridized carbons (Fsp3) is 0.0526. The zero-order valence-electron chi connectivity index (χ0n) is 13.1. The lowest BCUT2D eigenvalue weighted by molar-refractivity contribution is 0.495. The molecular formula is C19H14F2N4. The molecule has 2 aromatic heterocycles. The molecule has 4 rings (SSSR count). The first kappa shape index (κ1) is 15.3. The number of nitrogens with zero attached hydrogens (tertiary/aromatic N) is 3. The SMILES string of the molecule is Fc1ccc(C(c2ccc(F)cc2)(c2ccn[nH]2)n2ccnc2)cc1. The lowest BCUT2D eigenvalue weighted by atomic mass is 9.79. The second kappa shape index (κ2) is 5.98. The van der Waals surface area contributed by atoms with Crippen LogP contribution in [-0.2, 0) is 5.54 Å². The summed E-state index contributed by atoms with van der Waals surface area (Å²) < 4.78 is 28.9. The van der Waals surface area contributed by atoms with Crippen LogP contribution >= 0.6 is 0 Å². The number of hydrogen-bond donors (Lipinski definition) is 1. The number of aromatic amines is 1. The zero-order valence-corrected chi connectivity index (χ0v) is 13.1. The van der Waals surface area contributed by atoms with Crippen molar-refractivity contribution in [2.24, 2.45) is 0 Å². The van der Waals surface area contributed by atoms with E-state index < -0.39 is 5.54 Å². The van der Waals surface area contributed by atoms with Crippen molar-refractivity contribution in [3.63, 3.8) is 0 Å². The Bertz CT molecular complexity index is 862. The predicted octanol–water partition coefficient (Wildman–Crippen LogP) is 3.72. The number of nitrogens with one attached hydrogen (secondary N) is 1. The van der Waals surface area contributed by atoms with E-state index >= 15 is 0 Å². The maximum absolute atomic E-state index is 13.5. The van der Waals surface area contributed by atoms with Gasteiger partial charge in [-0.3, -0.25) is 5.10 Å². The van der Waals surface area contributed by atoms with Crippen molar-refractivity contribution in [3.05, 3.63) is 108 Å². The summed E-state index contributed by atoms with van der Waals surface area (Å²) in [6, 6.07) is 14.3. The van der Waals surface area contributed by atoms with Gasteiger partial charge in [0, 0.05) is 18.6 Å². The molecule has 4 nitrogen and oxygen atoms in total. The Labute approximate surface area is 142 Å². The maximum Gasteiger partial charge on any atom is 0.137 e. The quantitative estimate of drug-likeness (QED) is 0.617. The summed E-state index contributed by atoms with van der Waals surface area (Å²) in [5.74, 6) is -0.654. The molecule has 6 heteroatoms. The van der Waals surface area contributed by atoms with Gasteiger partial charge in [-0.25, -0.2) is 13.8 Å². The van der Waals surface area contributed by atoms with Crippen LogP contribution in [0, 0.1) is 11.6 Å². The molecule has 0 aliphatic carbocycles. The van der Waals surface area contributed by atoms with Crippen LogP contribution < -0.4 is 0 Å². The van der Waals surface area contributed by atoms with Crippen molar-refractivity contribution < 1.29 is 8.78 Å². The van der Waals surface area contributed by atoms with Crippen molar-refractivity contribution in [2.75, 3.05) is 0 Å². The Morgan fingerprint density at radius 1 is 0.800 bits per heavy atom. The molecule has 0 aliphatic heterocycles. The molecule has 1 N–H and O–H groups in total. The molecule has 0 aliphatic rings. The van der Waals surface area contributed by atoms with Crippen LogP contribution in [0.1, 0.15) is 16.8 Å². The van der Waals surface area contributed by atoms with Crippen LogP contribution in [0.2, 0.25) is 0 Å². The molecular weight excluding hydrogens is 322 g/mol. The minimum atomic E-state index is -0.881. The van der Waals surface area contributed by atoms with E-state index in [-0.39, 0.29) is 11.6 Å². The Kier molecular flexibility index (Phi) is 3.65. The molecule has 2 aromatic carbocycles. The van der Waals surface area contributed by atoms with Gasteiger partial charge in [0.25, 0.3) is 0 Å². The van der Waals surface area contributed by atoms with Gasteiger partial charge in [-0.1, -0.05) is 24.3 Å². The molecule has 0 fully saturated rings. The highest BCUT2D eigenvalue weighted by Gasteiger charge is 2.39. The zero-order chi connectivity index (χ0) is 17.3. The summed E-state index contributed by atoms with van der Waals surface area (Å²) >= 11 is 0. The van der Waals surface area contributed by atoms with Crippen LogP contribution in [0.5, 0.6) is 0 Å². The van der Waals surface area contributed by atoms with Crippen LogP contribution in [-0.4, -0.2) is 19.7 Å². The first-order valence-electron chi connectivity index (χ1n) is 7.71. The van der Waals surface area contributed by atoms with Crippen LogP contribution in [0.15, 0.2) is 79.5 Å². The summed E-state index contributed by atoms with van der Waals surface area (Å²) in [6.07, 6.45) is 6.80. The van der Waals surface area contributed by atoms with Gasteiger partial charge in [0.05, 0.1) is 12.0 Å². The molecule has 25 heavy (non-hydrogen) atoms. The van der Waals surface area contributed by atoms with Gasteiger partial charge in [0.2, 0.25) is 0 Å². The monoisotopic (exact) mass is 336 g/mol. The van der Waals surface area contributed by atoms with Gasteiger partial charge < -0.3 is 4.57 Å². The van der Waals surface area contributed by atoms with E-state index in [0.29, 0.717) is 0 Å². The summed E-state index contributed by atoms with van der Waals surface area (Å²) in [6.45, 7) is 0. The molecule has 0 radical (unpaired) electrons. The molecule has 0 bridgehead atoms. The van der Waals surface area contributed by atoms with Crippen LogP contribution in [0.25, 0.3) is 0 Å². The maximum atomic E-state index is 13.5. The van der Waals surface area contributed by atoms with E-state index in [4.69, 9.17) is 0 Å². The summed E-state index contributed by atoms with van der Waals surface area (Å²) in [7, 11) is 0. The smallest absolute Gasteiger partial charge is 0.137 e. The fourth-order valence-corrected chi connectivity index (χ4v) is 3.21. The number of H-pyrrole nitrogens is 1. The Balaban J connectivity index is 2.08.